The first kappa shape index (κ1) is 54.9. The fourth-order valence-corrected chi connectivity index (χ4v) is 6.23. The van der Waals surface area contributed by atoms with Gasteiger partial charge in [0.2, 0.25) is 5.91 Å². The molecule has 16 nitrogen and oxygen atoms in total. The van der Waals surface area contributed by atoms with E-state index in [9.17, 15) is 54.3 Å². The number of carbonyl (C=O) groups excluding carboxylic acids is 3. The van der Waals surface area contributed by atoms with Crippen molar-refractivity contribution in [1.82, 2.24) is 45.1 Å². The number of alkyl carbamates (subject to hydrolysis) is 1. The van der Waals surface area contributed by atoms with Gasteiger partial charge in [0.15, 0.2) is 17.3 Å². The molecular formula is C45H53F8N9O7. The molecule has 2 aliphatic heterocycles. The lowest BCUT2D eigenvalue weighted by atomic mass is 9.91. The molecule has 376 valence electrons. The molecule has 2 aliphatic rings. The van der Waals surface area contributed by atoms with E-state index in [-0.39, 0.29) is 55.3 Å². The number of nitrogens with zero attached hydrogens (tertiary/aromatic N) is 7. The highest BCUT2D eigenvalue weighted by molar-refractivity contribution is 5.91. The van der Waals surface area contributed by atoms with E-state index in [4.69, 9.17) is 14.6 Å². The summed E-state index contributed by atoms with van der Waals surface area (Å²) in [5, 5.41) is 21.7. The molecule has 0 aliphatic carbocycles. The van der Waals surface area contributed by atoms with Crippen molar-refractivity contribution < 1.29 is 68.9 Å². The Morgan fingerprint density at radius 1 is 0.725 bits per heavy atom. The van der Waals surface area contributed by atoms with Crippen LogP contribution in [0.15, 0.2) is 61.2 Å². The van der Waals surface area contributed by atoms with Crippen LogP contribution >= 0.6 is 0 Å². The number of carboxylic acid groups (broad SMARTS) is 1. The zero-order valence-electron chi connectivity index (χ0n) is 38.9. The number of likely N-dealkylation sites (tertiary alicyclic amines) is 1. The average Bonchev–Trinajstić information content (AvgIpc) is 3.88. The first-order valence-corrected chi connectivity index (χ1v) is 21.1. The van der Waals surface area contributed by atoms with Gasteiger partial charge in [0.25, 0.3) is 0 Å². The number of rotatable bonds is 11. The summed E-state index contributed by atoms with van der Waals surface area (Å²) >= 11 is 0. The van der Waals surface area contributed by atoms with Gasteiger partial charge in [-0.1, -0.05) is 0 Å². The number of esters is 1. The minimum absolute atomic E-state index is 0.00884. The van der Waals surface area contributed by atoms with Crippen LogP contribution in [0.2, 0.25) is 0 Å². The maximum absolute atomic E-state index is 14.7. The molecule has 2 saturated heterocycles. The molecule has 69 heavy (non-hydrogen) atoms. The van der Waals surface area contributed by atoms with E-state index in [2.05, 4.69) is 30.8 Å². The molecule has 2 aromatic carbocycles. The van der Waals surface area contributed by atoms with Crippen LogP contribution < -0.4 is 10.6 Å². The molecule has 3 N–H and O–H groups in total. The van der Waals surface area contributed by atoms with Crippen molar-refractivity contribution in [2.75, 3.05) is 32.7 Å². The van der Waals surface area contributed by atoms with Gasteiger partial charge < -0.3 is 30.1 Å². The summed E-state index contributed by atoms with van der Waals surface area (Å²) in [6, 6.07) is 7.03. The minimum Gasteiger partial charge on any atom is -0.478 e. The lowest BCUT2D eigenvalue weighted by Gasteiger charge is -2.44. The molecule has 0 bridgehead atoms. The molecule has 6 rings (SSSR count). The Bertz CT molecular complexity index is 2510. The van der Waals surface area contributed by atoms with Gasteiger partial charge in [-0.3, -0.25) is 9.59 Å². The minimum atomic E-state index is -4.49. The number of halogens is 8. The Morgan fingerprint density at radius 3 is 1.59 bits per heavy atom. The standard InChI is InChI=1S/C23H26F4N4O3.C13H10F3N3O2.C9H17FN2O2/c1-15-9-16(11-17(10-15)23(25,26)27)20-28-14-31(29-20)8-6-18(32)30-12-22(24,13-30)7-5-19(33)34-21(2,3)4;1-8-4-9(6-10(5-8)13(14,15)16)12-17-7-19(18-12)3-2-11(20)21;1-8(2,3)14-7(13)12-6-9(10)4-11-5-9/h6,8-11,14H,5,7,12-13H2,1-4H3;2-7H,1H3,(H,20,21);11H,4-6H2,1-3H3,(H,12,13)/b8-6-;3-2-;. The topological polar surface area (TPSA) is 196 Å². The second-order valence-corrected chi connectivity index (χ2v) is 18.3. The van der Waals surface area contributed by atoms with Gasteiger partial charge in [0.05, 0.1) is 30.8 Å². The van der Waals surface area contributed by atoms with Crippen LogP contribution in [-0.4, -0.2) is 119 Å². The van der Waals surface area contributed by atoms with Gasteiger partial charge in [-0.2, -0.15) is 26.3 Å². The SMILES string of the molecule is CC(C)(C)OC(=O)NCC1(F)CNC1.Cc1cc(-c2ncn(/C=C\C(=O)N3CC(F)(CCC(=O)OC(C)(C)C)C3)n2)cc(C(F)(F)F)c1.Cc1cc(-c2ncn(/C=C\C(=O)O)n2)cc(C(F)(F)F)c1. The summed E-state index contributed by atoms with van der Waals surface area (Å²) in [4.78, 5) is 54.7. The Balaban J connectivity index is 0.000000251. The van der Waals surface area contributed by atoms with Crippen molar-refractivity contribution in [2.24, 2.45) is 0 Å². The lowest BCUT2D eigenvalue weighted by Crippen LogP contribution is -2.61. The predicted molar refractivity (Wildman–Crippen MR) is 235 cm³/mol. The number of hydrogen-bond acceptors (Lipinski definition) is 11. The van der Waals surface area contributed by atoms with E-state index in [1.54, 1.807) is 55.4 Å². The van der Waals surface area contributed by atoms with Crippen molar-refractivity contribution >= 4 is 36.3 Å². The molecule has 0 radical (unpaired) electrons. The van der Waals surface area contributed by atoms with Gasteiger partial charge in [0, 0.05) is 55.2 Å². The number of ether oxygens (including phenoxy) is 2. The number of benzene rings is 2. The maximum atomic E-state index is 14.7. The highest BCUT2D eigenvalue weighted by atomic mass is 19.4. The van der Waals surface area contributed by atoms with Crippen LogP contribution in [0.4, 0.5) is 39.9 Å². The largest absolute Gasteiger partial charge is 0.478 e. The van der Waals surface area contributed by atoms with Crippen molar-refractivity contribution in [3.63, 3.8) is 0 Å². The molecule has 2 aromatic heterocycles. The molecule has 2 amide bonds. The summed E-state index contributed by atoms with van der Waals surface area (Å²) in [7, 11) is 0. The number of carbonyl (C=O) groups is 4. The second-order valence-electron chi connectivity index (χ2n) is 18.3. The number of alkyl halides is 8. The van der Waals surface area contributed by atoms with Crippen LogP contribution in [0.3, 0.4) is 0 Å². The molecular weight excluding hydrogens is 931 g/mol. The number of nitrogens with one attached hydrogen (secondary N) is 2. The van der Waals surface area contributed by atoms with Crippen LogP contribution in [0.5, 0.6) is 0 Å². The number of carboxylic acids is 1. The van der Waals surface area contributed by atoms with E-state index < -0.39 is 70.0 Å². The third kappa shape index (κ3) is 18.0. The van der Waals surface area contributed by atoms with Crippen LogP contribution in [0, 0.1) is 13.8 Å². The first-order valence-electron chi connectivity index (χ1n) is 21.1. The normalized spacial score (nSPS) is 15.5. The van der Waals surface area contributed by atoms with Crippen molar-refractivity contribution in [1.29, 1.82) is 0 Å². The summed E-state index contributed by atoms with van der Waals surface area (Å²) in [6.07, 6.45) is -2.73. The Hall–Kier alpha value is -6.72. The highest BCUT2D eigenvalue weighted by Crippen LogP contribution is 2.34. The zero-order chi connectivity index (χ0) is 51.8. The molecule has 0 saturated carbocycles. The number of aryl methyl sites for hydroxylation is 2. The number of aromatic nitrogens is 6. The predicted octanol–water partition coefficient (Wildman–Crippen LogP) is 8.07. The molecule has 2 fully saturated rings. The highest BCUT2D eigenvalue weighted by Gasteiger charge is 2.45. The van der Waals surface area contributed by atoms with Gasteiger partial charge in [-0.15, -0.1) is 10.2 Å². The fraction of sp³-hybridized carbons (Fsp3) is 0.467. The monoisotopic (exact) mass is 983 g/mol. The molecule has 4 heterocycles. The zero-order valence-corrected chi connectivity index (χ0v) is 38.9. The van der Waals surface area contributed by atoms with Crippen molar-refractivity contribution in [2.45, 2.75) is 103 Å². The second kappa shape index (κ2) is 21.7. The van der Waals surface area contributed by atoms with Gasteiger partial charge in [-0.05, 0) is 109 Å². The van der Waals surface area contributed by atoms with Crippen LogP contribution in [-0.2, 0) is 36.2 Å². The van der Waals surface area contributed by atoms with Crippen LogP contribution in [0.1, 0.15) is 76.6 Å². The number of hydrogen-bond donors (Lipinski definition) is 3. The van der Waals surface area contributed by atoms with Crippen molar-refractivity contribution in [3.05, 3.63) is 83.5 Å². The van der Waals surface area contributed by atoms with Crippen molar-refractivity contribution in [3.8, 4) is 22.8 Å². The summed E-state index contributed by atoms with van der Waals surface area (Å²) in [5.41, 5.74) is -4.47. The average molecular weight is 984 g/mol. The quantitative estimate of drug-likeness (QED) is 0.0744. The smallest absolute Gasteiger partial charge is 0.416 e. The van der Waals surface area contributed by atoms with E-state index in [1.807, 2.05) is 0 Å². The molecule has 4 aromatic rings. The van der Waals surface area contributed by atoms with E-state index in [1.165, 1.54) is 46.6 Å². The first-order chi connectivity index (χ1) is 31.7. The number of amides is 2. The third-order valence-corrected chi connectivity index (χ3v) is 9.37. The molecule has 0 unspecified atom stereocenters. The van der Waals surface area contributed by atoms with E-state index in [0.29, 0.717) is 24.2 Å². The Kier molecular flexibility index (Phi) is 17.3. The van der Waals surface area contributed by atoms with E-state index in [0.717, 1.165) is 41.2 Å². The third-order valence-electron chi connectivity index (χ3n) is 9.37. The van der Waals surface area contributed by atoms with Gasteiger partial charge in [0.1, 0.15) is 29.5 Å². The maximum Gasteiger partial charge on any atom is 0.416 e. The summed E-state index contributed by atoms with van der Waals surface area (Å²) in [6.45, 7) is 13.9. The summed E-state index contributed by atoms with van der Waals surface area (Å²) in [5.74, 6) is -1.97. The van der Waals surface area contributed by atoms with E-state index >= 15 is 0 Å². The molecule has 0 spiro atoms. The Labute approximate surface area is 391 Å². The fourth-order valence-electron chi connectivity index (χ4n) is 6.23. The molecule has 24 heteroatoms. The number of aliphatic carboxylic acids is 1. The lowest BCUT2D eigenvalue weighted by molar-refractivity contribution is -0.157. The van der Waals surface area contributed by atoms with Crippen LogP contribution in [0.25, 0.3) is 35.2 Å². The van der Waals surface area contributed by atoms with Gasteiger partial charge >= 0.3 is 30.4 Å². The summed E-state index contributed by atoms with van der Waals surface area (Å²) < 4.78 is 118. The molecule has 0 atom stereocenters. The van der Waals surface area contributed by atoms with Gasteiger partial charge in [-0.25, -0.2) is 37.7 Å². The Morgan fingerprint density at radius 2 is 1.19 bits per heavy atom.